The van der Waals surface area contributed by atoms with Gasteiger partial charge >= 0.3 is 5.16 Å². The molecule has 4 N–H and O–H groups in total. The molecule has 1 amide bonds. The molecule has 1 heterocycles. The molecule has 0 unspecified atom stereocenters. The topological polar surface area (TPSA) is 114 Å². The van der Waals surface area contributed by atoms with Crippen LogP contribution in [0.4, 0.5) is 0 Å². The van der Waals surface area contributed by atoms with E-state index in [4.69, 9.17) is 11.6 Å². The molecule has 0 aliphatic heterocycles. The van der Waals surface area contributed by atoms with Crippen LogP contribution >= 0.6 is 23.4 Å². The molecule has 0 radical (unpaired) electrons. The van der Waals surface area contributed by atoms with Crippen LogP contribution in [0.5, 0.6) is 11.5 Å². The highest BCUT2D eigenvalue weighted by molar-refractivity contribution is 7.99. The largest absolute Gasteiger partial charge is 0.504 e. The molecule has 0 aliphatic rings. The number of aromatic amines is 1. The number of H-pyrrole nitrogens is 1. The van der Waals surface area contributed by atoms with Gasteiger partial charge in [-0.3, -0.25) is 4.79 Å². The second kappa shape index (κ2) is 9.44. The molecule has 0 bridgehead atoms. The predicted molar refractivity (Wildman–Crippen MR) is 111 cm³/mol. The maximum absolute atomic E-state index is 12.0. The zero-order chi connectivity index (χ0) is 20.8. The van der Waals surface area contributed by atoms with Gasteiger partial charge < -0.3 is 10.2 Å². The Morgan fingerprint density at radius 3 is 2.72 bits per heavy atom. The van der Waals surface area contributed by atoms with Crippen LogP contribution < -0.4 is 9.99 Å². The number of halogens is 1. The molecule has 0 atom stereocenters. The van der Waals surface area contributed by atoms with Gasteiger partial charge in [0.1, 0.15) is 0 Å². The Bertz CT molecular complexity index is 1040. The Hall–Kier alpha value is -3.04. The SMILES string of the molecule is CC[n+]1c(SCC(=O)N/N=C/c2ccc(O)c(O)c2)n[nH]c1-c1ccc(Cl)cc1. The smallest absolute Gasteiger partial charge is 0.337 e. The first kappa shape index (κ1) is 20.7. The minimum absolute atomic E-state index is 0.128. The lowest BCUT2D eigenvalue weighted by atomic mass is 10.2. The van der Waals surface area contributed by atoms with Gasteiger partial charge in [0.05, 0.1) is 29.2 Å². The molecule has 2 aromatic carbocycles. The quantitative estimate of drug-likeness (QED) is 0.151. The number of carbonyl (C=O) groups is 1. The monoisotopic (exact) mass is 432 g/mol. The van der Waals surface area contributed by atoms with E-state index in [1.807, 2.05) is 35.8 Å². The van der Waals surface area contributed by atoms with E-state index in [9.17, 15) is 15.0 Å². The van der Waals surface area contributed by atoms with E-state index in [-0.39, 0.29) is 23.2 Å². The number of amides is 1. The van der Waals surface area contributed by atoms with Crippen molar-refractivity contribution in [2.45, 2.75) is 18.6 Å². The van der Waals surface area contributed by atoms with Crippen molar-refractivity contribution in [2.24, 2.45) is 5.10 Å². The summed E-state index contributed by atoms with van der Waals surface area (Å²) in [5.41, 5.74) is 3.91. The van der Waals surface area contributed by atoms with Gasteiger partial charge in [0.2, 0.25) is 0 Å². The third kappa shape index (κ3) is 5.27. The van der Waals surface area contributed by atoms with Gasteiger partial charge in [0.25, 0.3) is 11.7 Å². The number of rotatable bonds is 7. The van der Waals surface area contributed by atoms with Crippen molar-refractivity contribution in [3.63, 3.8) is 0 Å². The number of phenols is 2. The second-order valence-corrected chi connectivity index (χ2v) is 7.31. The number of benzene rings is 2. The van der Waals surface area contributed by atoms with Crippen LogP contribution in [-0.4, -0.2) is 38.3 Å². The molecule has 1 aromatic heterocycles. The Labute approximate surface area is 176 Å². The van der Waals surface area contributed by atoms with Crippen LogP contribution in [0.25, 0.3) is 11.4 Å². The standard InChI is InChI=1S/C19H18ClN5O3S/c1-2-25-18(13-4-6-14(20)7-5-13)23-24-19(25)29-11-17(28)22-21-10-12-3-8-15(26)16(27)9-12/h3-10H,2,11H2,1H3,(H3,21,22,26,27,28)/p+1. The van der Waals surface area contributed by atoms with Crippen molar-refractivity contribution >= 4 is 35.5 Å². The number of nitrogens with zero attached hydrogens (tertiary/aromatic N) is 3. The average Bonchev–Trinajstić information content (AvgIpc) is 3.12. The lowest BCUT2D eigenvalue weighted by Gasteiger charge is -2.01. The Morgan fingerprint density at radius 2 is 2.03 bits per heavy atom. The summed E-state index contributed by atoms with van der Waals surface area (Å²) in [4.78, 5) is 12.0. The maximum Gasteiger partial charge on any atom is 0.337 e. The van der Waals surface area contributed by atoms with E-state index in [0.717, 1.165) is 11.4 Å². The molecular formula is C19H19ClN5O3S+. The molecule has 0 saturated carbocycles. The molecule has 3 rings (SSSR count). The number of thioether (sulfide) groups is 1. The molecule has 29 heavy (non-hydrogen) atoms. The Balaban J connectivity index is 1.59. The number of nitrogens with one attached hydrogen (secondary N) is 2. The molecule has 0 fully saturated rings. The van der Waals surface area contributed by atoms with Crippen LogP contribution in [0.2, 0.25) is 5.02 Å². The zero-order valence-electron chi connectivity index (χ0n) is 15.5. The van der Waals surface area contributed by atoms with E-state index in [0.29, 0.717) is 22.3 Å². The van der Waals surface area contributed by atoms with Gasteiger partial charge in [0, 0.05) is 5.02 Å². The first-order valence-electron chi connectivity index (χ1n) is 8.68. The summed E-state index contributed by atoms with van der Waals surface area (Å²) in [5, 5.41) is 31.2. The van der Waals surface area contributed by atoms with Crippen LogP contribution in [0.3, 0.4) is 0 Å². The summed E-state index contributed by atoms with van der Waals surface area (Å²) < 4.78 is 1.98. The Morgan fingerprint density at radius 1 is 1.28 bits per heavy atom. The first-order chi connectivity index (χ1) is 14.0. The predicted octanol–water partition coefficient (Wildman–Crippen LogP) is 2.69. The number of carbonyl (C=O) groups excluding carboxylic acids is 1. The summed E-state index contributed by atoms with van der Waals surface area (Å²) in [6, 6.07) is 11.7. The van der Waals surface area contributed by atoms with E-state index in [1.165, 1.54) is 30.1 Å². The number of aromatic hydroxyl groups is 2. The fraction of sp³-hybridized carbons (Fsp3) is 0.158. The lowest BCUT2D eigenvalue weighted by molar-refractivity contribution is -0.719. The number of phenolic OH excluding ortho intramolecular Hbond substituents is 2. The summed E-state index contributed by atoms with van der Waals surface area (Å²) >= 11 is 7.23. The van der Waals surface area contributed by atoms with E-state index in [1.54, 1.807) is 6.07 Å². The fourth-order valence-corrected chi connectivity index (χ4v) is 3.45. The highest BCUT2D eigenvalue weighted by atomic mass is 35.5. The van der Waals surface area contributed by atoms with Gasteiger partial charge in [-0.25, -0.2) is 9.99 Å². The molecular weight excluding hydrogens is 414 g/mol. The first-order valence-corrected chi connectivity index (χ1v) is 10.0. The van der Waals surface area contributed by atoms with Crippen LogP contribution in [-0.2, 0) is 11.3 Å². The van der Waals surface area contributed by atoms with E-state index >= 15 is 0 Å². The average molecular weight is 433 g/mol. The second-order valence-electron chi connectivity index (χ2n) is 5.94. The molecule has 150 valence electrons. The minimum Gasteiger partial charge on any atom is -0.504 e. The van der Waals surface area contributed by atoms with Crippen molar-refractivity contribution in [3.05, 3.63) is 53.1 Å². The van der Waals surface area contributed by atoms with Crippen molar-refractivity contribution in [1.29, 1.82) is 0 Å². The van der Waals surface area contributed by atoms with Gasteiger partial charge in [-0.2, -0.15) is 5.10 Å². The molecule has 0 spiro atoms. The van der Waals surface area contributed by atoms with Gasteiger partial charge in [0.15, 0.2) is 11.5 Å². The molecule has 3 aromatic rings. The van der Waals surface area contributed by atoms with Gasteiger partial charge in [-0.15, -0.1) is 5.10 Å². The van der Waals surface area contributed by atoms with Crippen LogP contribution in [0.15, 0.2) is 52.7 Å². The summed E-state index contributed by atoms with van der Waals surface area (Å²) in [6.07, 6.45) is 1.38. The number of aromatic nitrogens is 3. The van der Waals surface area contributed by atoms with E-state index < -0.39 is 0 Å². The van der Waals surface area contributed by atoms with Gasteiger partial charge in [-0.1, -0.05) is 11.6 Å². The van der Waals surface area contributed by atoms with Crippen molar-refractivity contribution in [2.75, 3.05) is 5.75 Å². The normalized spacial score (nSPS) is 11.1. The van der Waals surface area contributed by atoms with E-state index in [2.05, 4.69) is 20.7 Å². The van der Waals surface area contributed by atoms with Crippen molar-refractivity contribution < 1.29 is 19.6 Å². The number of hydrogen-bond acceptors (Lipinski definition) is 6. The molecule has 8 nitrogen and oxygen atoms in total. The number of hydrogen-bond donors (Lipinski definition) is 4. The highest BCUT2D eigenvalue weighted by Gasteiger charge is 2.21. The minimum atomic E-state index is -0.298. The van der Waals surface area contributed by atoms with Crippen molar-refractivity contribution in [1.82, 2.24) is 15.6 Å². The third-order valence-corrected chi connectivity index (χ3v) is 5.16. The van der Waals surface area contributed by atoms with Gasteiger partial charge in [-0.05, 0) is 66.7 Å². The summed E-state index contributed by atoms with van der Waals surface area (Å²) in [6.45, 7) is 2.68. The third-order valence-electron chi connectivity index (χ3n) is 3.93. The highest BCUT2D eigenvalue weighted by Crippen LogP contribution is 2.24. The van der Waals surface area contributed by atoms with Crippen LogP contribution in [0.1, 0.15) is 12.5 Å². The summed E-state index contributed by atoms with van der Waals surface area (Å²) in [5.74, 6) is 0.187. The number of hydrazone groups is 1. The Kier molecular flexibility index (Phi) is 6.73. The fourth-order valence-electron chi connectivity index (χ4n) is 2.51. The van der Waals surface area contributed by atoms with Crippen LogP contribution in [0, 0.1) is 0 Å². The summed E-state index contributed by atoms with van der Waals surface area (Å²) in [7, 11) is 0. The zero-order valence-corrected chi connectivity index (χ0v) is 17.0. The molecule has 0 saturated heterocycles. The van der Waals surface area contributed by atoms with Crippen molar-refractivity contribution in [3.8, 4) is 22.9 Å². The maximum atomic E-state index is 12.0. The molecule has 0 aliphatic carbocycles. The molecule has 10 heteroatoms. The lowest BCUT2D eigenvalue weighted by Crippen LogP contribution is -2.36.